The molecule has 0 aromatic heterocycles. The van der Waals surface area contributed by atoms with Crippen LogP contribution in [0.25, 0.3) is 0 Å². The molecular weight excluding hydrogens is 304 g/mol. The van der Waals surface area contributed by atoms with Crippen LogP contribution in [0, 0.1) is 5.92 Å². The number of amides is 1. The Morgan fingerprint density at radius 2 is 1.88 bits per heavy atom. The molecule has 0 spiro atoms. The van der Waals surface area contributed by atoms with Crippen molar-refractivity contribution in [2.45, 2.75) is 76.7 Å². The van der Waals surface area contributed by atoms with E-state index in [0.29, 0.717) is 18.7 Å². The van der Waals surface area contributed by atoms with Crippen molar-refractivity contribution in [3.05, 3.63) is 0 Å². The van der Waals surface area contributed by atoms with Gasteiger partial charge in [-0.25, -0.2) is 0 Å². The smallest absolute Gasteiger partial charge is 0.252 e. The normalized spacial score (nSPS) is 32.8. The third-order valence-electron chi connectivity index (χ3n) is 5.94. The van der Waals surface area contributed by atoms with E-state index in [1.54, 1.807) is 0 Å². The molecule has 24 heavy (non-hydrogen) atoms. The van der Waals surface area contributed by atoms with Crippen LogP contribution >= 0.6 is 0 Å². The van der Waals surface area contributed by atoms with Crippen LogP contribution in [0.15, 0.2) is 0 Å². The minimum absolute atomic E-state index is 0.175. The number of likely N-dealkylation sites (tertiary alicyclic amines) is 2. The topological polar surface area (TPSA) is 42.0 Å². The third kappa shape index (κ3) is 3.94. The predicted octanol–water partition coefficient (Wildman–Crippen LogP) is 2.29. The number of nitrogens with zero attached hydrogens (tertiary/aromatic N) is 2. The lowest BCUT2D eigenvalue weighted by Crippen LogP contribution is -2.51. The van der Waals surface area contributed by atoms with Crippen molar-refractivity contribution in [1.29, 1.82) is 0 Å². The average molecular weight is 338 g/mol. The Hall–Kier alpha value is -0.650. The number of carbonyl (C=O) groups is 1. The van der Waals surface area contributed by atoms with Crippen LogP contribution in [0.3, 0.4) is 0 Å². The SMILES string of the molecule is CC(C)[C@H](OC[C@@H]1CCCO1)C(=O)N1CCC[C@@H]1[C@@H]1CCCN1C. The molecule has 0 unspecified atom stereocenters. The standard InChI is InChI=1S/C19H34N2O3/c1-14(2)18(24-13-15-7-6-12-23-15)19(22)21-11-5-9-17(21)16-8-4-10-20(16)3/h14-18H,4-13H2,1-3H3/t15-,16-,17+,18-/m0/s1. The molecule has 3 aliphatic rings. The summed E-state index contributed by atoms with van der Waals surface area (Å²) in [5.41, 5.74) is 0. The first-order valence-electron chi connectivity index (χ1n) is 9.82. The van der Waals surface area contributed by atoms with Crippen molar-refractivity contribution in [2.24, 2.45) is 5.92 Å². The summed E-state index contributed by atoms with van der Waals surface area (Å²) >= 11 is 0. The Kier molecular flexibility index (Phi) is 6.17. The van der Waals surface area contributed by atoms with Crippen LogP contribution in [0.5, 0.6) is 0 Å². The van der Waals surface area contributed by atoms with Crippen molar-refractivity contribution >= 4 is 5.91 Å². The molecule has 0 radical (unpaired) electrons. The highest BCUT2D eigenvalue weighted by molar-refractivity contribution is 5.82. The molecule has 0 aromatic carbocycles. The minimum Gasteiger partial charge on any atom is -0.376 e. The van der Waals surface area contributed by atoms with Crippen LogP contribution in [-0.4, -0.2) is 73.3 Å². The Morgan fingerprint density at radius 3 is 2.50 bits per heavy atom. The molecule has 3 fully saturated rings. The van der Waals surface area contributed by atoms with Gasteiger partial charge in [-0.3, -0.25) is 4.79 Å². The minimum atomic E-state index is -0.332. The number of hydrogen-bond donors (Lipinski definition) is 0. The lowest BCUT2D eigenvalue weighted by Gasteiger charge is -2.36. The molecule has 4 atom stereocenters. The summed E-state index contributed by atoms with van der Waals surface area (Å²) in [6, 6.07) is 0.903. The molecule has 3 rings (SSSR count). The second-order valence-electron chi connectivity index (χ2n) is 8.06. The van der Waals surface area contributed by atoms with Gasteiger partial charge >= 0.3 is 0 Å². The van der Waals surface area contributed by atoms with Crippen molar-refractivity contribution in [2.75, 3.05) is 33.4 Å². The molecule has 5 heteroatoms. The first-order chi connectivity index (χ1) is 11.6. The van der Waals surface area contributed by atoms with Gasteiger partial charge < -0.3 is 19.3 Å². The van der Waals surface area contributed by atoms with E-state index in [1.807, 2.05) is 0 Å². The third-order valence-corrected chi connectivity index (χ3v) is 5.94. The number of likely N-dealkylation sites (N-methyl/N-ethyl adjacent to an activating group) is 1. The van der Waals surface area contributed by atoms with Gasteiger partial charge in [-0.05, 0) is 58.0 Å². The van der Waals surface area contributed by atoms with Crippen molar-refractivity contribution in [1.82, 2.24) is 9.80 Å². The van der Waals surface area contributed by atoms with Crippen LogP contribution in [-0.2, 0) is 14.3 Å². The molecule has 138 valence electrons. The van der Waals surface area contributed by atoms with Gasteiger partial charge in [-0.2, -0.15) is 0 Å². The van der Waals surface area contributed by atoms with E-state index in [2.05, 4.69) is 30.7 Å². The Bertz CT molecular complexity index is 423. The molecule has 5 nitrogen and oxygen atoms in total. The van der Waals surface area contributed by atoms with E-state index in [4.69, 9.17) is 9.47 Å². The quantitative estimate of drug-likeness (QED) is 0.745. The molecule has 0 bridgehead atoms. The molecule has 3 heterocycles. The summed E-state index contributed by atoms with van der Waals surface area (Å²) in [7, 11) is 2.20. The first kappa shape index (κ1) is 18.2. The zero-order valence-electron chi connectivity index (χ0n) is 15.6. The van der Waals surface area contributed by atoms with Crippen LogP contribution in [0.2, 0.25) is 0 Å². The molecule has 1 amide bonds. The number of carbonyl (C=O) groups excluding carboxylic acids is 1. The van der Waals surface area contributed by atoms with Gasteiger partial charge in [0.1, 0.15) is 6.10 Å². The van der Waals surface area contributed by atoms with Gasteiger partial charge in [-0.1, -0.05) is 13.8 Å². The molecule has 3 aliphatic heterocycles. The predicted molar refractivity (Wildman–Crippen MR) is 93.9 cm³/mol. The second-order valence-corrected chi connectivity index (χ2v) is 8.06. The average Bonchev–Trinajstić information content (AvgIpc) is 3.27. The summed E-state index contributed by atoms with van der Waals surface area (Å²) in [4.78, 5) is 17.8. The lowest BCUT2D eigenvalue weighted by molar-refractivity contribution is -0.151. The fourth-order valence-electron chi connectivity index (χ4n) is 4.59. The van der Waals surface area contributed by atoms with E-state index in [1.165, 1.54) is 12.8 Å². The summed E-state index contributed by atoms with van der Waals surface area (Å²) in [5, 5.41) is 0. The fraction of sp³-hybridized carbons (Fsp3) is 0.947. The second kappa shape index (κ2) is 8.15. The van der Waals surface area contributed by atoms with Crippen LogP contribution < -0.4 is 0 Å². The molecular formula is C19H34N2O3. The summed E-state index contributed by atoms with van der Waals surface area (Å²) in [5.74, 6) is 0.396. The number of rotatable bonds is 6. The molecule has 3 saturated heterocycles. The largest absolute Gasteiger partial charge is 0.376 e. The zero-order chi connectivity index (χ0) is 17.1. The summed E-state index contributed by atoms with van der Waals surface area (Å²) in [6.07, 6.45) is 6.73. The van der Waals surface area contributed by atoms with E-state index in [0.717, 1.165) is 45.4 Å². The Balaban J connectivity index is 1.62. The Labute approximate surface area is 146 Å². The molecule has 0 aliphatic carbocycles. The summed E-state index contributed by atoms with van der Waals surface area (Å²) < 4.78 is 11.7. The molecule has 0 saturated carbocycles. The van der Waals surface area contributed by atoms with Gasteiger partial charge in [-0.15, -0.1) is 0 Å². The Morgan fingerprint density at radius 1 is 1.12 bits per heavy atom. The lowest BCUT2D eigenvalue weighted by atomic mass is 10.0. The van der Waals surface area contributed by atoms with Crippen LogP contribution in [0.4, 0.5) is 0 Å². The van der Waals surface area contributed by atoms with Crippen molar-refractivity contribution in [3.63, 3.8) is 0 Å². The maximum absolute atomic E-state index is 13.2. The van der Waals surface area contributed by atoms with Gasteiger partial charge in [0.05, 0.1) is 12.7 Å². The van der Waals surface area contributed by atoms with Gasteiger partial charge in [0.25, 0.3) is 5.91 Å². The number of ether oxygens (including phenoxy) is 2. The molecule has 0 N–H and O–H groups in total. The highest BCUT2D eigenvalue weighted by Gasteiger charge is 2.41. The van der Waals surface area contributed by atoms with E-state index >= 15 is 0 Å². The van der Waals surface area contributed by atoms with Gasteiger partial charge in [0, 0.05) is 25.2 Å². The maximum Gasteiger partial charge on any atom is 0.252 e. The summed E-state index contributed by atoms with van der Waals surface area (Å²) in [6.45, 7) is 7.61. The highest BCUT2D eigenvalue weighted by Crippen LogP contribution is 2.30. The monoisotopic (exact) mass is 338 g/mol. The van der Waals surface area contributed by atoms with E-state index in [9.17, 15) is 4.79 Å². The molecule has 0 aromatic rings. The van der Waals surface area contributed by atoms with Crippen molar-refractivity contribution < 1.29 is 14.3 Å². The fourth-order valence-corrected chi connectivity index (χ4v) is 4.59. The maximum atomic E-state index is 13.2. The van der Waals surface area contributed by atoms with Gasteiger partial charge in [0.2, 0.25) is 0 Å². The highest BCUT2D eigenvalue weighted by atomic mass is 16.5. The van der Waals surface area contributed by atoms with Crippen LogP contribution in [0.1, 0.15) is 52.4 Å². The van der Waals surface area contributed by atoms with Crippen molar-refractivity contribution in [3.8, 4) is 0 Å². The first-order valence-corrected chi connectivity index (χ1v) is 9.82. The van der Waals surface area contributed by atoms with E-state index < -0.39 is 0 Å². The van der Waals surface area contributed by atoms with E-state index in [-0.39, 0.29) is 24.0 Å². The van der Waals surface area contributed by atoms with Gasteiger partial charge in [0.15, 0.2) is 0 Å². The number of hydrogen-bond acceptors (Lipinski definition) is 4. The zero-order valence-corrected chi connectivity index (χ0v) is 15.6.